The molecule has 1 aromatic carbocycles. The van der Waals surface area contributed by atoms with Crippen molar-refractivity contribution in [1.82, 2.24) is 10.1 Å². The number of benzene rings is 1. The second-order valence-electron chi connectivity index (χ2n) is 4.69. The number of aryl methyl sites for hydroxylation is 1. The van der Waals surface area contributed by atoms with Gasteiger partial charge in [-0.3, -0.25) is 0 Å². The molecule has 1 atom stereocenters. The van der Waals surface area contributed by atoms with Crippen LogP contribution in [0, 0.1) is 6.92 Å². The highest BCUT2D eigenvalue weighted by Crippen LogP contribution is 2.17. The van der Waals surface area contributed by atoms with Crippen molar-refractivity contribution in [3.63, 3.8) is 0 Å². The predicted octanol–water partition coefficient (Wildman–Crippen LogP) is 2.42. The third-order valence-corrected chi connectivity index (χ3v) is 2.99. The minimum absolute atomic E-state index is 0.231. The van der Waals surface area contributed by atoms with Crippen molar-refractivity contribution in [2.75, 3.05) is 6.54 Å². The Morgan fingerprint density at radius 1 is 1.28 bits per heavy atom. The van der Waals surface area contributed by atoms with E-state index in [4.69, 9.17) is 10.3 Å². The first-order chi connectivity index (χ1) is 8.69. The number of hydrogen-bond donors (Lipinski definition) is 1. The summed E-state index contributed by atoms with van der Waals surface area (Å²) in [6.07, 6.45) is 1.57. The van der Waals surface area contributed by atoms with E-state index in [9.17, 15) is 0 Å². The van der Waals surface area contributed by atoms with Gasteiger partial charge in [-0.15, -0.1) is 0 Å². The van der Waals surface area contributed by atoms with Crippen molar-refractivity contribution in [2.24, 2.45) is 5.73 Å². The Hall–Kier alpha value is -1.68. The molecule has 0 spiro atoms. The molecule has 18 heavy (non-hydrogen) atoms. The molecule has 2 rings (SSSR count). The number of nitrogens with two attached hydrogens (primary N) is 1. The molecule has 2 aromatic rings. The van der Waals surface area contributed by atoms with Crippen LogP contribution in [-0.2, 0) is 6.42 Å². The molecule has 0 aliphatic heterocycles. The van der Waals surface area contributed by atoms with E-state index in [0.717, 1.165) is 12.2 Å². The van der Waals surface area contributed by atoms with Crippen molar-refractivity contribution in [2.45, 2.75) is 32.6 Å². The zero-order valence-corrected chi connectivity index (χ0v) is 10.9. The third kappa shape index (κ3) is 3.17. The van der Waals surface area contributed by atoms with Gasteiger partial charge in [0.2, 0.25) is 5.89 Å². The second kappa shape index (κ2) is 5.78. The fourth-order valence-corrected chi connectivity index (χ4v) is 1.80. The monoisotopic (exact) mass is 245 g/mol. The lowest BCUT2D eigenvalue weighted by molar-refractivity contribution is 0.351. The van der Waals surface area contributed by atoms with Crippen molar-refractivity contribution in [1.29, 1.82) is 0 Å². The molecule has 2 N–H and O–H groups in total. The molecular weight excluding hydrogens is 226 g/mol. The van der Waals surface area contributed by atoms with Crippen molar-refractivity contribution in [3.05, 3.63) is 47.1 Å². The zero-order chi connectivity index (χ0) is 13.0. The van der Waals surface area contributed by atoms with E-state index in [-0.39, 0.29) is 5.92 Å². The van der Waals surface area contributed by atoms with Crippen LogP contribution in [-0.4, -0.2) is 16.7 Å². The Morgan fingerprint density at radius 2 is 2.00 bits per heavy atom. The molecule has 4 heteroatoms. The first kappa shape index (κ1) is 12.8. The van der Waals surface area contributed by atoms with Crippen LogP contribution >= 0.6 is 0 Å². The predicted molar refractivity (Wildman–Crippen MR) is 70.4 cm³/mol. The molecule has 0 fully saturated rings. The van der Waals surface area contributed by atoms with Crippen LogP contribution in [0.5, 0.6) is 0 Å². The van der Waals surface area contributed by atoms with Crippen LogP contribution in [0.15, 0.2) is 28.8 Å². The lowest BCUT2D eigenvalue weighted by Gasteiger charge is -2.01. The second-order valence-corrected chi connectivity index (χ2v) is 4.69. The van der Waals surface area contributed by atoms with Gasteiger partial charge in [0.05, 0.1) is 0 Å². The quantitative estimate of drug-likeness (QED) is 0.878. The van der Waals surface area contributed by atoms with Gasteiger partial charge in [-0.25, -0.2) is 0 Å². The molecule has 1 aromatic heterocycles. The summed E-state index contributed by atoms with van der Waals surface area (Å²) in [4.78, 5) is 4.41. The van der Waals surface area contributed by atoms with Gasteiger partial charge < -0.3 is 10.3 Å². The highest BCUT2D eigenvalue weighted by atomic mass is 16.5. The maximum Gasteiger partial charge on any atom is 0.229 e. The lowest BCUT2D eigenvalue weighted by atomic mass is 10.1. The number of rotatable bonds is 5. The standard InChI is InChI=1S/C14H19N3O/c1-10-3-5-12(6-4-10)9-13-16-14(18-17-13)11(2)7-8-15/h3-6,11H,7-9,15H2,1-2H3. The van der Waals surface area contributed by atoms with Crippen LogP contribution in [0.1, 0.15) is 42.1 Å². The first-order valence-electron chi connectivity index (χ1n) is 6.27. The van der Waals surface area contributed by atoms with E-state index < -0.39 is 0 Å². The average molecular weight is 245 g/mol. The lowest BCUT2D eigenvalue weighted by Crippen LogP contribution is -2.04. The Kier molecular flexibility index (Phi) is 4.10. The van der Waals surface area contributed by atoms with E-state index in [1.54, 1.807) is 0 Å². The summed E-state index contributed by atoms with van der Waals surface area (Å²) in [7, 11) is 0. The first-order valence-corrected chi connectivity index (χ1v) is 6.27. The van der Waals surface area contributed by atoms with Crippen LogP contribution in [0.3, 0.4) is 0 Å². The molecule has 4 nitrogen and oxygen atoms in total. The highest BCUT2D eigenvalue weighted by molar-refractivity contribution is 5.23. The average Bonchev–Trinajstić information content (AvgIpc) is 2.81. The maximum absolute atomic E-state index is 5.52. The molecule has 0 amide bonds. The van der Waals surface area contributed by atoms with Gasteiger partial charge in [-0.2, -0.15) is 4.98 Å². The van der Waals surface area contributed by atoms with Crippen LogP contribution in [0.2, 0.25) is 0 Å². The molecule has 96 valence electrons. The van der Waals surface area contributed by atoms with Gasteiger partial charge in [0.15, 0.2) is 5.82 Å². The van der Waals surface area contributed by atoms with E-state index in [2.05, 4.69) is 48.3 Å². The van der Waals surface area contributed by atoms with Gasteiger partial charge in [-0.05, 0) is 25.5 Å². The fraction of sp³-hybridized carbons (Fsp3) is 0.429. The third-order valence-electron chi connectivity index (χ3n) is 2.99. The molecule has 0 bridgehead atoms. The number of aromatic nitrogens is 2. The van der Waals surface area contributed by atoms with Crippen LogP contribution in [0.4, 0.5) is 0 Å². The van der Waals surface area contributed by atoms with Crippen molar-refractivity contribution in [3.8, 4) is 0 Å². The topological polar surface area (TPSA) is 64.9 Å². The highest BCUT2D eigenvalue weighted by Gasteiger charge is 2.13. The number of nitrogens with zero attached hydrogens (tertiary/aromatic N) is 2. The summed E-state index contributed by atoms with van der Waals surface area (Å²) in [5.74, 6) is 1.65. The maximum atomic E-state index is 5.52. The summed E-state index contributed by atoms with van der Waals surface area (Å²) in [5.41, 5.74) is 7.97. The van der Waals surface area contributed by atoms with E-state index in [1.165, 1.54) is 11.1 Å². The SMILES string of the molecule is Cc1ccc(Cc2noc(C(C)CCN)n2)cc1. The van der Waals surface area contributed by atoms with Gasteiger partial charge in [0.25, 0.3) is 0 Å². The molecule has 1 heterocycles. The van der Waals surface area contributed by atoms with E-state index >= 15 is 0 Å². The summed E-state index contributed by atoms with van der Waals surface area (Å²) in [5, 5.41) is 4.01. The molecule has 1 unspecified atom stereocenters. The van der Waals surface area contributed by atoms with Gasteiger partial charge >= 0.3 is 0 Å². The Bertz CT molecular complexity index is 490. The fourth-order valence-electron chi connectivity index (χ4n) is 1.80. The molecule has 0 saturated carbocycles. The minimum Gasteiger partial charge on any atom is -0.339 e. The summed E-state index contributed by atoms with van der Waals surface area (Å²) >= 11 is 0. The molecular formula is C14H19N3O. The normalized spacial score (nSPS) is 12.6. The van der Waals surface area contributed by atoms with E-state index in [1.807, 2.05) is 0 Å². The van der Waals surface area contributed by atoms with Gasteiger partial charge in [0, 0.05) is 12.3 Å². The zero-order valence-electron chi connectivity index (χ0n) is 10.9. The number of hydrogen-bond acceptors (Lipinski definition) is 4. The van der Waals surface area contributed by atoms with Crippen LogP contribution in [0.25, 0.3) is 0 Å². The molecule has 0 aliphatic carbocycles. The summed E-state index contributed by atoms with van der Waals surface area (Å²) in [6, 6.07) is 8.37. The van der Waals surface area contributed by atoms with Gasteiger partial charge in [0.1, 0.15) is 0 Å². The molecule has 0 saturated heterocycles. The van der Waals surface area contributed by atoms with Crippen molar-refractivity contribution < 1.29 is 4.52 Å². The smallest absolute Gasteiger partial charge is 0.229 e. The Balaban J connectivity index is 2.04. The van der Waals surface area contributed by atoms with Crippen molar-refractivity contribution >= 4 is 0 Å². The minimum atomic E-state index is 0.231. The summed E-state index contributed by atoms with van der Waals surface area (Å²) < 4.78 is 5.26. The molecule has 0 radical (unpaired) electrons. The molecule has 0 aliphatic rings. The summed E-state index contributed by atoms with van der Waals surface area (Å²) in [6.45, 7) is 4.76. The van der Waals surface area contributed by atoms with E-state index in [0.29, 0.717) is 18.9 Å². The Labute approximate surface area is 107 Å². The van der Waals surface area contributed by atoms with Crippen LogP contribution < -0.4 is 5.73 Å². The largest absolute Gasteiger partial charge is 0.339 e. The van der Waals surface area contributed by atoms with Gasteiger partial charge in [-0.1, -0.05) is 41.9 Å². The Morgan fingerprint density at radius 3 is 2.67 bits per heavy atom.